The van der Waals surface area contributed by atoms with Crippen LogP contribution in [0, 0.1) is 0 Å². The van der Waals surface area contributed by atoms with Gasteiger partial charge in [0.05, 0.1) is 5.69 Å². The monoisotopic (exact) mass is 663 g/mol. The van der Waals surface area contributed by atoms with Crippen LogP contribution in [0.3, 0.4) is 0 Å². The summed E-state index contributed by atoms with van der Waals surface area (Å²) < 4.78 is 7.03. The van der Waals surface area contributed by atoms with Crippen molar-refractivity contribution in [2.24, 2.45) is 0 Å². The molecule has 0 N–H and O–H groups in total. The molecular weight excluding hydrogens is 631 g/mol. The first-order valence-corrected chi connectivity index (χ1v) is 17.8. The van der Waals surface area contributed by atoms with E-state index in [9.17, 15) is 0 Å². The number of hydrogen-bond donors (Lipinski definition) is 0. The normalized spacial score (nSPS) is 11.6. The molecule has 9 aromatic carbocycles. The molecule has 0 unspecified atom stereocenters. The van der Waals surface area contributed by atoms with E-state index in [1.165, 1.54) is 55.1 Å². The topological polar surface area (TPSA) is 12.5 Å². The minimum atomic E-state index is 0.854. The van der Waals surface area contributed by atoms with Crippen LogP contribution in [0.5, 0.6) is 11.5 Å². The van der Waals surface area contributed by atoms with Gasteiger partial charge < -0.3 is 9.64 Å². The van der Waals surface area contributed by atoms with Gasteiger partial charge in [0.1, 0.15) is 5.75 Å². The summed E-state index contributed by atoms with van der Waals surface area (Å²) in [6, 6.07) is 71.6. The molecule has 2 heteroatoms. The number of para-hydroxylation sites is 1. The molecule has 0 saturated carbocycles. The van der Waals surface area contributed by atoms with Gasteiger partial charge in [0.25, 0.3) is 0 Å². The lowest BCUT2D eigenvalue weighted by Crippen LogP contribution is -2.13. The summed E-state index contributed by atoms with van der Waals surface area (Å²) in [6.07, 6.45) is 0. The Morgan fingerprint density at radius 1 is 0.346 bits per heavy atom. The third kappa shape index (κ3) is 5.04. The fourth-order valence-corrected chi connectivity index (χ4v) is 7.79. The molecule has 0 fully saturated rings. The largest absolute Gasteiger partial charge is 0.454 e. The molecule has 0 bridgehead atoms. The Kier molecular flexibility index (Phi) is 7.18. The summed E-state index contributed by atoms with van der Waals surface area (Å²) in [5.41, 5.74) is 12.5. The van der Waals surface area contributed by atoms with Crippen LogP contribution in [0.2, 0.25) is 0 Å². The number of ether oxygens (including phenoxy) is 1. The van der Waals surface area contributed by atoms with Crippen molar-refractivity contribution >= 4 is 38.6 Å². The molecule has 0 saturated heterocycles. The quantitative estimate of drug-likeness (QED) is 0.176. The maximum Gasteiger partial charge on any atom is 0.159 e. The maximum absolute atomic E-state index is 7.03. The lowest BCUT2D eigenvalue weighted by atomic mass is 9.88. The standard InChI is InChI=1S/C50H33NO/c1-3-13-34(14-4-1)36-25-29-39(30-26-36)51(40-31-27-37(28-32-40)35-15-5-2-6-16-35)47-33-46(42-21-11-18-38-17-7-8-19-41(38)42)45-23-12-22-44-43-20-9-10-24-48(43)52-50(47)49(44)45/h1-33H. The highest BCUT2D eigenvalue weighted by Gasteiger charge is 2.28. The van der Waals surface area contributed by atoms with Crippen LogP contribution < -0.4 is 9.64 Å². The van der Waals surface area contributed by atoms with Gasteiger partial charge in [-0.2, -0.15) is 0 Å². The van der Waals surface area contributed by atoms with Gasteiger partial charge in [-0.25, -0.2) is 0 Å². The van der Waals surface area contributed by atoms with E-state index in [0.29, 0.717) is 0 Å². The zero-order chi connectivity index (χ0) is 34.4. The van der Waals surface area contributed by atoms with Crippen LogP contribution in [0.25, 0.3) is 66.1 Å². The summed E-state index contributed by atoms with van der Waals surface area (Å²) in [5.74, 6) is 1.72. The average molecular weight is 664 g/mol. The zero-order valence-electron chi connectivity index (χ0n) is 28.4. The van der Waals surface area contributed by atoms with E-state index in [1.54, 1.807) is 0 Å². The lowest BCUT2D eigenvalue weighted by Gasteiger charge is -2.32. The molecule has 0 aliphatic carbocycles. The molecule has 0 aromatic heterocycles. The minimum absolute atomic E-state index is 0.854. The van der Waals surface area contributed by atoms with E-state index < -0.39 is 0 Å². The Bertz CT molecular complexity index is 2650. The van der Waals surface area contributed by atoms with Crippen LogP contribution >= 0.6 is 0 Å². The van der Waals surface area contributed by atoms with Gasteiger partial charge in [-0.05, 0) is 91.5 Å². The predicted octanol–water partition coefficient (Wildman–Crippen LogP) is 14.2. The molecule has 1 aliphatic rings. The van der Waals surface area contributed by atoms with Gasteiger partial charge in [0.2, 0.25) is 0 Å². The van der Waals surface area contributed by atoms with Crippen molar-refractivity contribution in [1.29, 1.82) is 0 Å². The van der Waals surface area contributed by atoms with Crippen molar-refractivity contribution in [3.05, 3.63) is 200 Å². The second-order valence-corrected chi connectivity index (χ2v) is 13.3. The molecule has 0 spiro atoms. The van der Waals surface area contributed by atoms with E-state index in [-0.39, 0.29) is 0 Å². The molecule has 244 valence electrons. The molecule has 2 nitrogen and oxygen atoms in total. The molecule has 52 heavy (non-hydrogen) atoms. The number of rotatable bonds is 6. The fourth-order valence-electron chi connectivity index (χ4n) is 7.79. The Balaban J connectivity index is 1.26. The summed E-state index contributed by atoms with van der Waals surface area (Å²) in [7, 11) is 0. The number of nitrogens with zero attached hydrogens (tertiary/aromatic N) is 1. The second-order valence-electron chi connectivity index (χ2n) is 13.3. The Morgan fingerprint density at radius 3 is 1.54 bits per heavy atom. The molecule has 0 atom stereocenters. The van der Waals surface area contributed by atoms with Gasteiger partial charge >= 0.3 is 0 Å². The minimum Gasteiger partial charge on any atom is -0.454 e. The first-order valence-electron chi connectivity index (χ1n) is 17.8. The fraction of sp³-hybridized carbons (Fsp3) is 0. The van der Waals surface area contributed by atoms with Crippen LogP contribution in [0.1, 0.15) is 0 Å². The summed E-state index contributed by atoms with van der Waals surface area (Å²) in [4.78, 5) is 2.36. The zero-order valence-corrected chi connectivity index (χ0v) is 28.4. The summed E-state index contributed by atoms with van der Waals surface area (Å²) in [6.45, 7) is 0. The molecular formula is C50H33NO. The number of benzene rings is 9. The summed E-state index contributed by atoms with van der Waals surface area (Å²) in [5, 5.41) is 4.72. The van der Waals surface area contributed by atoms with E-state index in [4.69, 9.17) is 4.74 Å². The molecule has 9 aromatic rings. The number of fused-ring (bicyclic) bond motifs is 3. The van der Waals surface area contributed by atoms with Gasteiger partial charge in [-0.15, -0.1) is 0 Å². The molecule has 1 heterocycles. The van der Waals surface area contributed by atoms with Crippen molar-refractivity contribution < 1.29 is 4.74 Å². The maximum atomic E-state index is 7.03. The molecule has 10 rings (SSSR count). The van der Waals surface area contributed by atoms with Gasteiger partial charge in [0, 0.05) is 22.3 Å². The Hall–Kier alpha value is -6.90. The third-order valence-corrected chi connectivity index (χ3v) is 10.3. The first-order chi connectivity index (χ1) is 25.8. The Morgan fingerprint density at radius 2 is 0.846 bits per heavy atom. The number of hydrogen-bond acceptors (Lipinski definition) is 2. The van der Waals surface area contributed by atoms with E-state index >= 15 is 0 Å². The SMILES string of the molecule is c1ccc(-c2ccc(N(c3ccc(-c4ccccc4)cc3)c3cc(-c4cccc5ccccc45)c4cccc5c4c3Oc3ccccc3-5)cc2)cc1. The van der Waals surface area contributed by atoms with Crippen molar-refractivity contribution in [2.75, 3.05) is 4.90 Å². The van der Waals surface area contributed by atoms with Gasteiger partial charge in [0.15, 0.2) is 5.75 Å². The van der Waals surface area contributed by atoms with E-state index in [0.717, 1.165) is 39.5 Å². The predicted molar refractivity (Wildman–Crippen MR) is 218 cm³/mol. The highest BCUT2D eigenvalue weighted by Crippen LogP contribution is 2.55. The van der Waals surface area contributed by atoms with E-state index in [1.807, 2.05) is 0 Å². The second kappa shape index (κ2) is 12.5. The molecule has 1 aliphatic heterocycles. The highest BCUT2D eigenvalue weighted by atomic mass is 16.5. The third-order valence-electron chi connectivity index (χ3n) is 10.3. The van der Waals surface area contributed by atoms with Crippen molar-refractivity contribution in [3.63, 3.8) is 0 Å². The van der Waals surface area contributed by atoms with Crippen LogP contribution in [-0.2, 0) is 0 Å². The van der Waals surface area contributed by atoms with Gasteiger partial charge in [-0.3, -0.25) is 0 Å². The van der Waals surface area contributed by atoms with Gasteiger partial charge in [-0.1, -0.05) is 164 Å². The first kappa shape index (κ1) is 30.0. The van der Waals surface area contributed by atoms with Crippen LogP contribution in [0.4, 0.5) is 17.1 Å². The smallest absolute Gasteiger partial charge is 0.159 e. The molecule has 0 amide bonds. The van der Waals surface area contributed by atoms with E-state index in [2.05, 4.69) is 205 Å². The van der Waals surface area contributed by atoms with Crippen LogP contribution in [0.15, 0.2) is 200 Å². The molecule has 0 radical (unpaired) electrons. The Labute approximate surface area is 303 Å². The average Bonchev–Trinajstić information content (AvgIpc) is 3.23. The summed E-state index contributed by atoms with van der Waals surface area (Å²) >= 11 is 0. The highest BCUT2D eigenvalue weighted by molar-refractivity contribution is 6.16. The van der Waals surface area contributed by atoms with Crippen molar-refractivity contribution in [1.82, 2.24) is 0 Å². The van der Waals surface area contributed by atoms with Crippen LogP contribution in [-0.4, -0.2) is 0 Å². The lowest BCUT2D eigenvalue weighted by molar-refractivity contribution is 0.488. The number of anilines is 3. The van der Waals surface area contributed by atoms with Crippen molar-refractivity contribution in [2.45, 2.75) is 0 Å². The van der Waals surface area contributed by atoms with Crippen molar-refractivity contribution in [3.8, 4) is 56.0 Å².